The van der Waals surface area contributed by atoms with E-state index >= 15 is 0 Å². The first-order valence-corrected chi connectivity index (χ1v) is 9.12. The zero-order chi connectivity index (χ0) is 19.1. The van der Waals surface area contributed by atoms with Crippen LogP contribution in [0.1, 0.15) is 20.9 Å². The van der Waals surface area contributed by atoms with Crippen LogP contribution in [0.4, 0.5) is 13.2 Å². The number of esters is 1. The summed E-state index contributed by atoms with van der Waals surface area (Å²) in [5.74, 6) is -0.722. The number of alkyl halides is 3. The van der Waals surface area contributed by atoms with Crippen molar-refractivity contribution in [3.63, 3.8) is 0 Å². The zero-order valence-corrected chi connectivity index (χ0v) is 15.3. The van der Waals surface area contributed by atoms with Gasteiger partial charge in [0.05, 0.1) is 17.3 Å². The molecule has 0 aliphatic rings. The molecule has 0 amide bonds. The quantitative estimate of drug-likeness (QED) is 0.621. The number of carbonyl (C=O) groups is 1. The summed E-state index contributed by atoms with van der Waals surface area (Å²) < 4.78 is 43.8. The SMILES string of the molecule is Cc1sc2ncn(CC(=O)OCc3cc(C(F)(F)F)cs3)c(=O)c2c1C. The van der Waals surface area contributed by atoms with Crippen LogP contribution in [0.25, 0.3) is 10.2 Å². The standard InChI is InChI=1S/C16H13F3N2O3S2/c1-8-9(2)26-14-13(8)15(23)21(7-20-14)4-12(22)24-5-11-3-10(6-25-11)16(17,18)19/h3,6-7H,4-5H2,1-2H3. The molecule has 0 saturated carbocycles. The average molecular weight is 402 g/mol. The molecule has 10 heteroatoms. The van der Waals surface area contributed by atoms with E-state index in [0.29, 0.717) is 10.2 Å². The Bertz CT molecular complexity index is 1030. The highest BCUT2D eigenvalue weighted by atomic mass is 32.1. The normalized spacial score (nSPS) is 11.9. The topological polar surface area (TPSA) is 61.2 Å². The molecule has 26 heavy (non-hydrogen) atoms. The fraction of sp³-hybridized carbons (Fsp3) is 0.312. The third-order valence-electron chi connectivity index (χ3n) is 3.81. The summed E-state index contributed by atoms with van der Waals surface area (Å²) in [6.07, 6.45) is -3.15. The number of aryl methyl sites for hydroxylation is 2. The summed E-state index contributed by atoms with van der Waals surface area (Å²) >= 11 is 2.26. The predicted molar refractivity (Wildman–Crippen MR) is 92.5 cm³/mol. The smallest absolute Gasteiger partial charge is 0.417 e. The first-order valence-electron chi connectivity index (χ1n) is 7.42. The van der Waals surface area contributed by atoms with Crippen LogP contribution in [0.3, 0.4) is 0 Å². The Morgan fingerprint density at radius 1 is 1.35 bits per heavy atom. The maximum absolute atomic E-state index is 12.5. The van der Waals surface area contributed by atoms with Crippen LogP contribution >= 0.6 is 22.7 Å². The van der Waals surface area contributed by atoms with Crippen LogP contribution in [-0.2, 0) is 28.9 Å². The first-order chi connectivity index (χ1) is 12.2. The Kier molecular flexibility index (Phi) is 4.89. The van der Waals surface area contributed by atoms with Gasteiger partial charge in [-0.05, 0) is 25.5 Å². The van der Waals surface area contributed by atoms with E-state index in [-0.39, 0.29) is 23.6 Å². The van der Waals surface area contributed by atoms with Crippen LogP contribution in [0, 0.1) is 13.8 Å². The zero-order valence-electron chi connectivity index (χ0n) is 13.7. The van der Waals surface area contributed by atoms with Crippen LogP contribution in [0.15, 0.2) is 22.6 Å². The lowest BCUT2D eigenvalue weighted by Gasteiger charge is -2.06. The molecular weight excluding hydrogens is 389 g/mol. The molecule has 0 unspecified atom stereocenters. The lowest BCUT2D eigenvalue weighted by molar-refractivity contribution is -0.145. The van der Waals surface area contributed by atoms with Gasteiger partial charge in [0, 0.05) is 15.1 Å². The molecule has 5 nitrogen and oxygen atoms in total. The van der Waals surface area contributed by atoms with Gasteiger partial charge in [-0.2, -0.15) is 13.2 Å². The molecule has 3 rings (SSSR count). The number of thiophene rings is 2. The molecule has 138 valence electrons. The van der Waals surface area contributed by atoms with Gasteiger partial charge in [0.2, 0.25) is 0 Å². The average Bonchev–Trinajstić information content (AvgIpc) is 3.14. The summed E-state index contributed by atoms with van der Waals surface area (Å²) in [5, 5.41) is 1.43. The van der Waals surface area contributed by atoms with Crippen molar-refractivity contribution in [3.8, 4) is 0 Å². The molecule has 0 aliphatic heterocycles. The van der Waals surface area contributed by atoms with E-state index in [9.17, 15) is 22.8 Å². The monoisotopic (exact) mass is 402 g/mol. The maximum Gasteiger partial charge on any atom is 0.417 e. The van der Waals surface area contributed by atoms with Gasteiger partial charge in [-0.3, -0.25) is 14.2 Å². The first kappa shape index (κ1) is 18.6. The van der Waals surface area contributed by atoms with Crippen molar-refractivity contribution in [2.75, 3.05) is 0 Å². The van der Waals surface area contributed by atoms with Crippen molar-refractivity contribution in [2.45, 2.75) is 33.2 Å². The van der Waals surface area contributed by atoms with Crippen molar-refractivity contribution in [2.24, 2.45) is 0 Å². The summed E-state index contributed by atoms with van der Waals surface area (Å²) in [6, 6.07) is 0.940. The summed E-state index contributed by atoms with van der Waals surface area (Å²) in [7, 11) is 0. The number of ether oxygens (including phenoxy) is 1. The van der Waals surface area contributed by atoms with Crippen LogP contribution in [0.5, 0.6) is 0 Å². The van der Waals surface area contributed by atoms with Crippen molar-refractivity contribution >= 4 is 38.9 Å². The molecule has 3 heterocycles. The predicted octanol–water partition coefficient (Wildman–Crippen LogP) is 3.90. The van der Waals surface area contributed by atoms with Crippen molar-refractivity contribution in [1.29, 1.82) is 0 Å². The molecular formula is C16H13F3N2O3S2. The number of aromatic nitrogens is 2. The lowest BCUT2D eigenvalue weighted by Crippen LogP contribution is -2.25. The number of halogens is 3. The van der Waals surface area contributed by atoms with Crippen molar-refractivity contribution < 1.29 is 22.7 Å². The van der Waals surface area contributed by atoms with E-state index in [0.717, 1.165) is 37.8 Å². The molecule has 0 aromatic carbocycles. The fourth-order valence-corrected chi connectivity index (χ4v) is 4.11. The maximum atomic E-state index is 12.5. The van der Waals surface area contributed by atoms with E-state index < -0.39 is 17.7 Å². The van der Waals surface area contributed by atoms with Crippen LogP contribution < -0.4 is 5.56 Å². The second-order valence-electron chi connectivity index (χ2n) is 5.60. The number of hydrogen-bond donors (Lipinski definition) is 0. The molecule has 0 spiro atoms. The third-order valence-corrected chi connectivity index (χ3v) is 5.84. The van der Waals surface area contributed by atoms with E-state index in [1.165, 1.54) is 17.7 Å². The van der Waals surface area contributed by atoms with E-state index in [2.05, 4.69) is 4.98 Å². The van der Waals surface area contributed by atoms with E-state index in [1.54, 1.807) is 0 Å². The Hall–Kier alpha value is -2.20. The minimum Gasteiger partial charge on any atom is -0.459 e. The Morgan fingerprint density at radius 2 is 2.08 bits per heavy atom. The number of carbonyl (C=O) groups excluding carboxylic acids is 1. The Balaban J connectivity index is 1.70. The van der Waals surface area contributed by atoms with Gasteiger partial charge < -0.3 is 4.74 Å². The molecule has 0 bridgehead atoms. The molecule has 0 saturated heterocycles. The second kappa shape index (κ2) is 6.84. The van der Waals surface area contributed by atoms with E-state index in [1.807, 2.05) is 13.8 Å². The van der Waals surface area contributed by atoms with Crippen LogP contribution in [0.2, 0.25) is 0 Å². The van der Waals surface area contributed by atoms with Gasteiger partial charge in [0.15, 0.2) is 0 Å². The highest BCUT2D eigenvalue weighted by Gasteiger charge is 2.31. The fourth-order valence-electron chi connectivity index (χ4n) is 2.32. The summed E-state index contributed by atoms with van der Waals surface area (Å²) in [5.41, 5.74) is -0.296. The second-order valence-corrected chi connectivity index (χ2v) is 7.80. The van der Waals surface area contributed by atoms with Gasteiger partial charge in [-0.25, -0.2) is 4.98 Å². The molecule has 0 atom stereocenters. The summed E-state index contributed by atoms with van der Waals surface area (Å²) in [6.45, 7) is 3.07. The van der Waals surface area contributed by atoms with E-state index in [4.69, 9.17) is 4.74 Å². The largest absolute Gasteiger partial charge is 0.459 e. The van der Waals surface area contributed by atoms with Gasteiger partial charge in [-0.15, -0.1) is 22.7 Å². The lowest BCUT2D eigenvalue weighted by atomic mass is 10.2. The van der Waals surface area contributed by atoms with Crippen molar-refractivity contribution in [1.82, 2.24) is 9.55 Å². The molecule has 0 N–H and O–H groups in total. The Labute approximate surface area is 153 Å². The van der Waals surface area contributed by atoms with Gasteiger partial charge in [0.1, 0.15) is 18.0 Å². The number of fused-ring (bicyclic) bond motifs is 1. The minimum absolute atomic E-state index is 0.274. The number of hydrogen-bond acceptors (Lipinski definition) is 6. The van der Waals surface area contributed by atoms with Crippen LogP contribution in [-0.4, -0.2) is 15.5 Å². The molecule has 0 fully saturated rings. The van der Waals surface area contributed by atoms with Gasteiger partial charge >= 0.3 is 12.1 Å². The number of nitrogens with zero attached hydrogens (tertiary/aromatic N) is 2. The van der Waals surface area contributed by atoms with Gasteiger partial charge in [0.25, 0.3) is 5.56 Å². The third kappa shape index (κ3) is 3.65. The number of rotatable bonds is 4. The summed E-state index contributed by atoms with van der Waals surface area (Å²) in [4.78, 5) is 30.5. The highest BCUT2D eigenvalue weighted by molar-refractivity contribution is 7.18. The Morgan fingerprint density at radius 3 is 2.73 bits per heavy atom. The van der Waals surface area contributed by atoms with Crippen molar-refractivity contribution in [3.05, 3.63) is 49.0 Å². The molecule has 3 aromatic heterocycles. The minimum atomic E-state index is -4.43. The van der Waals surface area contributed by atoms with Gasteiger partial charge in [-0.1, -0.05) is 0 Å². The molecule has 0 radical (unpaired) electrons. The molecule has 0 aliphatic carbocycles. The highest BCUT2D eigenvalue weighted by Crippen LogP contribution is 2.32. The molecule has 3 aromatic rings.